The molecule has 1 saturated heterocycles. The van der Waals surface area contributed by atoms with Gasteiger partial charge in [-0.3, -0.25) is 14.8 Å². The van der Waals surface area contributed by atoms with Crippen molar-refractivity contribution in [1.82, 2.24) is 14.9 Å². The quantitative estimate of drug-likeness (QED) is 0.461. The summed E-state index contributed by atoms with van der Waals surface area (Å²) in [5.74, 6) is 0.0428. The highest BCUT2D eigenvalue weighted by molar-refractivity contribution is 9.10. The summed E-state index contributed by atoms with van der Waals surface area (Å²) in [7, 11) is 0. The van der Waals surface area contributed by atoms with Crippen LogP contribution in [0.5, 0.6) is 0 Å². The summed E-state index contributed by atoms with van der Waals surface area (Å²) in [6.45, 7) is 6.85. The molecule has 5 rings (SSSR count). The zero-order valence-electron chi connectivity index (χ0n) is 19.5. The van der Waals surface area contributed by atoms with Crippen LogP contribution in [0.3, 0.4) is 0 Å². The Kier molecular flexibility index (Phi) is 5.59. The number of amides is 2. The molecule has 1 spiro atoms. The highest BCUT2D eigenvalue weighted by Crippen LogP contribution is 2.48. The summed E-state index contributed by atoms with van der Waals surface area (Å²) >= 11 is 3.71. The monoisotopic (exact) mass is 522 g/mol. The average Bonchev–Trinajstić information content (AvgIpc) is 3.03. The normalized spacial score (nSPS) is 17.4. The molecule has 0 atom stereocenters. The molecule has 1 aromatic carbocycles. The second-order valence-electron chi connectivity index (χ2n) is 9.94. The van der Waals surface area contributed by atoms with Crippen molar-refractivity contribution in [3.63, 3.8) is 0 Å². The highest BCUT2D eigenvalue weighted by atomic mass is 79.9. The lowest BCUT2D eigenvalue weighted by molar-refractivity contribution is -0.125. The third-order valence-electron chi connectivity index (χ3n) is 6.65. The maximum absolute atomic E-state index is 13.9. The number of aromatic nitrogens is 2. The number of carbonyl (C=O) groups is 2. The molecule has 0 bridgehead atoms. The van der Waals surface area contributed by atoms with Gasteiger partial charge in [-0.05, 0) is 66.6 Å². The Balaban J connectivity index is 1.43. The van der Waals surface area contributed by atoms with E-state index in [1.54, 1.807) is 22.2 Å². The Morgan fingerprint density at radius 2 is 1.88 bits per heavy atom. The van der Waals surface area contributed by atoms with Gasteiger partial charge in [-0.1, -0.05) is 24.3 Å². The third-order valence-corrected chi connectivity index (χ3v) is 7.53. The van der Waals surface area contributed by atoms with Gasteiger partial charge in [0.05, 0.1) is 29.5 Å². The molecular weight excluding hydrogens is 496 g/mol. The molecule has 0 aliphatic carbocycles. The lowest BCUT2D eigenvalue weighted by atomic mass is 9.74. The Morgan fingerprint density at radius 1 is 1.15 bits per heavy atom. The number of piperidine rings is 1. The number of benzene rings is 1. The zero-order chi connectivity index (χ0) is 24.1. The molecule has 1 fully saturated rings. The minimum Gasteiger partial charge on any atom is -0.444 e. The average molecular weight is 523 g/mol. The van der Waals surface area contributed by atoms with E-state index >= 15 is 0 Å². The van der Waals surface area contributed by atoms with Gasteiger partial charge < -0.3 is 14.5 Å². The molecule has 7 nitrogen and oxygen atoms in total. The number of likely N-dealkylation sites (tertiary alicyclic amines) is 1. The largest absolute Gasteiger partial charge is 0.444 e. The van der Waals surface area contributed by atoms with E-state index in [0.29, 0.717) is 32.5 Å². The summed E-state index contributed by atoms with van der Waals surface area (Å²) in [6, 6.07) is 9.98. The molecule has 8 heteroatoms. The standard InChI is InChI=1S/C26H27BrN4O3/c1-25(2,3)34-24(33)30-12-9-26(10-13-30)19-8-11-28-15-21(19)31(23(26)32)16-20-22(27)18-7-5-4-6-17(18)14-29-20/h4-8,11,14-15H,9-10,12-13,16H2,1-3H3. The van der Waals surface area contributed by atoms with Crippen LogP contribution in [0.2, 0.25) is 0 Å². The number of hydrogen-bond acceptors (Lipinski definition) is 5. The van der Waals surface area contributed by atoms with Crippen LogP contribution in [0.15, 0.2) is 53.4 Å². The molecule has 0 unspecified atom stereocenters. The summed E-state index contributed by atoms with van der Waals surface area (Å²) in [6.07, 6.45) is 6.10. The lowest BCUT2D eigenvalue weighted by Crippen LogP contribution is -2.50. The summed E-state index contributed by atoms with van der Waals surface area (Å²) in [5.41, 5.74) is 1.38. The molecule has 0 N–H and O–H groups in total. The molecule has 2 aromatic heterocycles. The summed E-state index contributed by atoms with van der Waals surface area (Å²) < 4.78 is 6.43. The SMILES string of the molecule is CC(C)(C)OC(=O)N1CCC2(CC1)C(=O)N(Cc1ncc3ccccc3c1Br)c1cnccc12. The fourth-order valence-electron chi connectivity index (χ4n) is 4.96. The predicted octanol–water partition coefficient (Wildman–Crippen LogP) is 5.21. The van der Waals surface area contributed by atoms with Crippen molar-refractivity contribution in [2.24, 2.45) is 0 Å². The molecule has 2 amide bonds. The smallest absolute Gasteiger partial charge is 0.410 e. The van der Waals surface area contributed by atoms with E-state index in [1.165, 1.54) is 0 Å². The first-order valence-corrected chi connectivity index (χ1v) is 12.3. The van der Waals surface area contributed by atoms with Crippen molar-refractivity contribution >= 4 is 44.4 Å². The number of carbonyl (C=O) groups excluding carboxylic acids is 2. The Morgan fingerprint density at radius 3 is 2.62 bits per heavy atom. The minimum absolute atomic E-state index is 0.0428. The van der Waals surface area contributed by atoms with Crippen LogP contribution < -0.4 is 4.90 Å². The second kappa shape index (κ2) is 8.34. The molecule has 0 saturated carbocycles. The summed E-state index contributed by atoms with van der Waals surface area (Å²) in [4.78, 5) is 39.0. The maximum atomic E-state index is 13.9. The molecule has 2 aliphatic heterocycles. The van der Waals surface area contributed by atoms with Crippen molar-refractivity contribution in [2.45, 2.75) is 51.2 Å². The number of hydrogen-bond donors (Lipinski definition) is 0. The topological polar surface area (TPSA) is 75.6 Å². The van der Waals surface area contributed by atoms with Crippen LogP contribution in [-0.4, -0.2) is 45.6 Å². The zero-order valence-corrected chi connectivity index (χ0v) is 21.1. The number of fused-ring (bicyclic) bond motifs is 3. The van der Waals surface area contributed by atoms with E-state index in [4.69, 9.17) is 4.74 Å². The van der Waals surface area contributed by atoms with Crippen LogP contribution in [0.4, 0.5) is 10.5 Å². The van der Waals surface area contributed by atoms with Crippen molar-refractivity contribution in [2.75, 3.05) is 18.0 Å². The number of halogens is 1. The first kappa shape index (κ1) is 22.8. The Bertz CT molecular complexity index is 1280. The summed E-state index contributed by atoms with van der Waals surface area (Å²) in [5, 5.41) is 2.10. The number of ether oxygens (including phenoxy) is 1. The van der Waals surface area contributed by atoms with Gasteiger partial charge in [0.2, 0.25) is 5.91 Å². The van der Waals surface area contributed by atoms with Crippen molar-refractivity contribution in [1.29, 1.82) is 0 Å². The van der Waals surface area contributed by atoms with Crippen molar-refractivity contribution in [3.8, 4) is 0 Å². The van der Waals surface area contributed by atoms with Crippen LogP contribution in [0.25, 0.3) is 10.8 Å². The van der Waals surface area contributed by atoms with E-state index in [0.717, 1.165) is 32.2 Å². The van der Waals surface area contributed by atoms with E-state index < -0.39 is 11.0 Å². The van der Waals surface area contributed by atoms with Gasteiger partial charge in [0.15, 0.2) is 0 Å². The Labute approximate surface area is 207 Å². The van der Waals surface area contributed by atoms with Crippen molar-refractivity contribution < 1.29 is 14.3 Å². The molecule has 3 aromatic rings. The van der Waals surface area contributed by atoms with Gasteiger partial charge in [0.25, 0.3) is 0 Å². The van der Waals surface area contributed by atoms with Gasteiger partial charge in [-0.2, -0.15) is 0 Å². The van der Waals surface area contributed by atoms with Crippen LogP contribution >= 0.6 is 15.9 Å². The maximum Gasteiger partial charge on any atom is 0.410 e. The lowest BCUT2D eigenvalue weighted by Gasteiger charge is -2.38. The molecular formula is C26H27BrN4O3. The van der Waals surface area contributed by atoms with Gasteiger partial charge in [-0.15, -0.1) is 0 Å². The first-order valence-electron chi connectivity index (χ1n) is 11.5. The predicted molar refractivity (Wildman–Crippen MR) is 134 cm³/mol. The number of rotatable bonds is 2. The molecule has 0 radical (unpaired) electrons. The first-order chi connectivity index (χ1) is 16.2. The van der Waals surface area contributed by atoms with E-state index in [-0.39, 0.29) is 12.0 Å². The third kappa shape index (κ3) is 3.83. The molecule has 2 aliphatic rings. The number of anilines is 1. The minimum atomic E-state index is -0.667. The fraction of sp³-hybridized carbons (Fsp3) is 0.385. The number of pyridine rings is 2. The van der Waals surface area contributed by atoms with E-state index in [1.807, 2.05) is 57.3 Å². The molecule has 4 heterocycles. The van der Waals surface area contributed by atoms with Crippen LogP contribution in [0.1, 0.15) is 44.9 Å². The molecule has 176 valence electrons. The second-order valence-corrected chi connectivity index (χ2v) is 10.7. The van der Waals surface area contributed by atoms with E-state index in [2.05, 4.69) is 25.9 Å². The highest BCUT2D eigenvalue weighted by Gasteiger charge is 2.52. The number of nitrogens with zero attached hydrogens (tertiary/aromatic N) is 4. The Hall–Kier alpha value is -3.00. The van der Waals surface area contributed by atoms with Gasteiger partial charge in [0.1, 0.15) is 5.60 Å². The van der Waals surface area contributed by atoms with Crippen molar-refractivity contribution in [3.05, 3.63) is 64.7 Å². The van der Waals surface area contributed by atoms with Crippen LogP contribution in [-0.2, 0) is 21.5 Å². The van der Waals surface area contributed by atoms with Crippen LogP contribution in [0, 0.1) is 0 Å². The molecule has 34 heavy (non-hydrogen) atoms. The fourth-order valence-corrected chi connectivity index (χ4v) is 5.54. The van der Waals surface area contributed by atoms with Gasteiger partial charge in [-0.25, -0.2) is 4.79 Å². The van der Waals surface area contributed by atoms with E-state index in [9.17, 15) is 9.59 Å². The van der Waals surface area contributed by atoms with Gasteiger partial charge >= 0.3 is 6.09 Å². The van der Waals surface area contributed by atoms with Gasteiger partial charge in [0, 0.05) is 35.3 Å².